The van der Waals surface area contributed by atoms with Crippen LogP contribution in [0, 0.1) is 29.4 Å². The van der Waals surface area contributed by atoms with E-state index in [1.165, 1.54) is 167 Å². The van der Waals surface area contributed by atoms with Crippen molar-refractivity contribution in [2.45, 2.75) is 224 Å². The van der Waals surface area contributed by atoms with Crippen molar-refractivity contribution in [1.29, 1.82) is 0 Å². The fourth-order valence-corrected chi connectivity index (χ4v) is 21.9. The number of unbranched alkanes of at least 4 members (excludes halogenated alkanes) is 6. The van der Waals surface area contributed by atoms with Gasteiger partial charge in [0.2, 0.25) is 0 Å². The molecule has 4 aliphatic carbocycles. The van der Waals surface area contributed by atoms with E-state index in [2.05, 4.69) is 148 Å². The molecule has 1 saturated heterocycles. The third-order valence-electron chi connectivity index (χ3n) is 24.9. The summed E-state index contributed by atoms with van der Waals surface area (Å²) in [7, 11) is 1.97. The molecule has 2 unspecified atom stereocenters. The maximum absolute atomic E-state index is 15.4. The summed E-state index contributed by atoms with van der Waals surface area (Å²) < 4.78 is 44.0. The number of nitrogens with zero attached hydrogens (tertiary/aromatic N) is 4. The second-order valence-electron chi connectivity index (χ2n) is 32.4. The number of imide groups is 1. The molecule has 4 fully saturated rings. The minimum absolute atomic E-state index is 0.0499. The summed E-state index contributed by atoms with van der Waals surface area (Å²) in [5.41, 5.74) is 11.5. The van der Waals surface area contributed by atoms with Gasteiger partial charge in [-0.05, 0) is 248 Å². The number of anilines is 2. The molecule has 17 rings (SSSR count). The van der Waals surface area contributed by atoms with Crippen LogP contribution in [0.4, 0.5) is 30.6 Å². The maximum Gasteiger partial charge on any atom is 0.298 e. The molecular formula is C100H104F2N4O4S4. The predicted molar refractivity (Wildman–Crippen MR) is 470 cm³/mol. The first-order chi connectivity index (χ1) is 55.9. The second kappa shape index (κ2) is 37.1. The fraction of sp³-hybridized carbons (Fsp3) is 0.360. The van der Waals surface area contributed by atoms with Crippen molar-refractivity contribution in [2.75, 3.05) is 16.8 Å². The highest BCUT2D eigenvalue weighted by molar-refractivity contribution is 8.18. The number of allylic oxidation sites excluding steroid dienone is 4. The average molecular weight is 1590 g/mol. The van der Waals surface area contributed by atoms with E-state index in [-0.39, 0.29) is 23.6 Å². The van der Waals surface area contributed by atoms with E-state index in [9.17, 15) is 9.59 Å². The molecule has 4 heterocycles. The number of amides is 2. The van der Waals surface area contributed by atoms with Crippen molar-refractivity contribution in [3.8, 4) is 50.6 Å². The highest BCUT2D eigenvalue weighted by Crippen LogP contribution is 2.49. The molecule has 0 spiro atoms. The molecule has 586 valence electrons. The zero-order valence-electron chi connectivity index (χ0n) is 66.2. The van der Waals surface area contributed by atoms with E-state index < -0.39 is 22.8 Å². The molecule has 0 bridgehead atoms. The Bertz CT molecular complexity index is 5170. The van der Waals surface area contributed by atoms with Gasteiger partial charge >= 0.3 is 0 Å². The largest absolute Gasteiger partial charge is 0.481 e. The number of halogens is 2. The number of benzene rings is 9. The molecule has 9 aromatic carbocycles. The van der Waals surface area contributed by atoms with E-state index in [1.54, 1.807) is 77.8 Å². The molecule has 8 aliphatic rings. The van der Waals surface area contributed by atoms with E-state index in [0.717, 1.165) is 112 Å². The molecule has 0 aromatic heterocycles. The Morgan fingerprint density at radius 1 is 0.518 bits per heavy atom. The van der Waals surface area contributed by atoms with E-state index in [0.29, 0.717) is 45.2 Å². The number of para-hydroxylation sites is 2. The van der Waals surface area contributed by atoms with Crippen molar-refractivity contribution >= 4 is 75.3 Å². The standard InChI is InChI=1S/C64H68N2O2S2.C36H36F2N2O2S2/c1-3-5-7-11-43-17-21-45(22-18-43)47-25-29-49(30-26-47)51-33-37-53(38-34-51)69-61-15-9-13-57-63(61)65-55-41-60-56(42-59(55)67-57)66-64-58(68-60)14-10-16-62(64)70-54-39-35-52(36-40-54)50-31-27-48(28-32-50)46-23-19-44(20-24-46)12-8-6-4-2;1-3-4-5-8-23-11-13-24(14-12-23)27-19-20-28(34(38)33(27)37)25-15-17-26(18-16-25)40-35(41)31(44-36(40)42)21-22-32-39(2)29-9-6-7-10-30(29)43-32/h9-10,13-16,25-46,57,63H,3-8,11-12,17-24H2,1-2H3;6-7,9-10,15-24H,3-5,8,11-14H2,1-2H3/b;31-21-,32-22+. The van der Waals surface area contributed by atoms with Gasteiger partial charge in [0, 0.05) is 49.2 Å². The second-order valence-corrected chi connectivity index (χ2v) is 36.7. The first kappa shape index (κ1) is 79.2. The zero-order valence-corrected chi connectivity index (χ0v) is 69.5. The van der Waals surface area contributed by atoms with Crippen molar-refractivity contribution < 1.29 is 27.8 Å². The number of hydrogen-bond donors (Lipinski definition) is 0. The van der Waals surface area contributed by atoms with Crippen molar-refractivity contribution in [1.82, 2.24) is 0 Å². The van der Waals surface area contributed by atoms with Crippen molar-refractivity contribution in [2.24, 2.45) is 27.7 Å². The van der Waals surface area contributed by atoms with Gasteiger partial charge in [-0.25, -0.2) is 18.7 Å². The molecule has 114 heavy (non-hydrogen) atoms. The molecule has 2 atom stereocenters. The molecule has 3 saturated carbocycles. The maximum atomic E-state index is 15.4. The SMILES string of the molecule is CCCCCC1CCC(c2ccc(-c3ccc(N4C(=O)S/C(=C\C=C5\Sc6ccccc6N5C)C4=O)cc3)c(F)c2F)CC1.CCCCCC1CCC(c2ccc(-c3ccc(SC4=CC=CC5Oc6cc7c(cc6=NC45)Oc4cccc(Sc5ccc(-c6ccc(C8CCC(CCCCC)CC8)cc6)cc5)c4N=7)cc3)cc2)CC1. The summed E-state index contributed by atoms with van der Waals surface area (Å²) in [4.78, 5) is 45.7. The minimum atomic E-state index is -0.848. The van der Waals surface area contributed by atoms with Gasteiger partial charge in [-0.2, -0.15) is 0 Å². The van der Waals surface area contributed by atoms with Crippen LogP contribution in [0.3, 0.4) is 0 Å². The summed E-state index contributed by atoms with van der Waals surface area (Å²) in [5.74, 6) is 4.22. The van der Waals surface area contributed by atoms with Crippen LogP contribution in [0.5, 0.6) is 17.2 Å². The van der Waals surface area contributed by atoms with Crippen LogP contribution in [-0.4, -0.2) is 30.3 Å². The molecule has 2 amide bonds. The predicted octanol–water partition coefficient (Wildman–Crippen LogP) is 28.6. The van der Waals surface area contributed by atoms with Crippen LogP contribution in [0.2, 0.25) is 0 Å². The first-order valence-corrected chi connectivity index (χ1v) is 45.5. The van der Waals surface area contributed by atoms with Crippen LogP contribution >= 0.6 is 47.0 Å². The highest BCUT2D eigenvalue weighted by Gasteiger charge is 2.38. The Hall–Kier alpha value is -8.66. The molecule has 8 nitrogen and oxygen atoms in total. The van der Waals surface area contributed by atoms with Gasteiger partial charge in [-0.3, -0.25) is 14.6 Å². The lowest BCUT2D eigenvalue weighted by atomic mass is 9.76. The normalized spacial score (nSPS) is 22.1. The Labute approximate surface area is 690 Å². The molecular weight excluding hydrogens is 1490 g/mol. The Balaban J connectivity index is 0.000000191. The van der Waals surface area contributed by atoms with Gasteiger partial charge in [0.1, 0.15) is 34.3 Å². The molecule has 14 heteroatoms. The topological polar surface area (TPSA) is 83.8 Å². The van der Waals surface area contributed by atoms with Gasteiger partial charge in [-0.15, -0.1) is 0 Å². The number of rotatable bonds is 24. The summed E-state index contributed by atoms with van der Waals surface area (Å²) in [6.45, 7) is 6.82. The van der Waals surface area contributed by atoms with Crippen molar-refractivity contribution in [3.05, 3.63) is 272 Å². The van der Waals surface area contributed by atoms with Crippen molar-refractivity contribution in [3.63, 3.8) is 0 Å². The number of hydrogen-bond acceptors (Lipinski definition) is 11. The van der Waals surface area contributed by atoms with Crippen LogP contribution < -0.4 is 30.0 Å². The number of fused-ring (bicyclic) bond motifs is 5. The fourth-order valence-electron chi connectivity index (χ4n) is 18.2. The third kappa shape index (κ3) is 18.3. The van der Waals surface area contributed by atoms with Gasteiger partial charge in [-0.1, -0.05) is 261 Å². The summed E-state index contributed by atoms with van der Waals surface area (Å²) in [5, 5.41) is 2.11. The van der Waals surface area contributed by atoms with Gasteiger partial charge < -0.3 is 14.4 Å². The van der Waals surface area contributed by atoms with Crippen LogP contribution in [0.25, 0.3) is 33.4 Å². The van der Waals surface area contributed by atoms with Gasteiger partial charge in [0.05, 0.1) is 21.3 Å². The minimum Gasteiger partial charge on any atom is -0.481 e. The first-order valence-electron chi connectivity index (χ1n) is 42.2. The average Bonchev–Trinajstić information content (AvgIpc) is 0.924. The van der Waals surface area contributed by atoms with Crippen LogP contribution in [-0.2, 0) is 4.79 Å². The lowest BCUT2D eigenvalue weighted by molar-refractivity contribution is -0.113. The number of thioether (sulfide) groups is 3. The monoisotopic (exact) mass is 1590 g/mol. The van der Waals surface area contributed by atoms with Crippen LogP contribution in [0.1, 0.15) is 209 Å². The number of carbonyl (C=O) groups is 2. The third-order valence-corrected chi connectivity index (χ3v) is 29.1. The van der Waals surface area contributed by atoms with E-state index in [1.807, 2.05) is 60.5 Å². The van der Waals surface area contributed by atoms with E-state index >= 15 is 8.78 Å². The summed E-state index contributed by atoms with van der Waals surface area (Å²) in [6.07, 6.45) is 40.7. The summed E-state index contributed by atoms with van der Waals surface area (Å²) >= 11 is 5.98. The molecule has 4 aliphatic heterocycles. The Kier molecular flexibility index (Phi) is 25.8. The quantitative estimate of drug-likeness (QED) is 0.0434. The zero-order chi connectivity index (χ0) is 78.0. The van der Waals surface area contributed by atoms with E-state index in [4.69, 9.17) is 19.5 Å². The smallest absolute Gasteiger partial charge is 0.298 e. The van der Waals surface area contributed by atoms with Crippen LogP contribution in [0.15, 0.2) is 263 Å². The lowest BCUT2D eigenvalue weighted by Crippen LogP contribution is -2.38. The number of ether oxygens (including phenoxy) is 2. The Morgan fingerprint density at radius 3 is 1.64 bits per heavy atom. The highest BCUT2D eigenvalue weighted by atomic mass is 32.2. The number of carbonyl (C=O) groups excluding carboxylic acids is 2. The Morgan fingerprint density at radius 2 is 1.06 bits per heavy atom. The lowest BCUT2D eigenvalue weighted by Gasteiger charge is -2.30. The molecule has 9 aromatic rings. The van der Waals surface area contributed by atoms with Gasteiger partial charge in [0.15, 0.2) is 23.1 Å². The molecule has 0 N–H and O–H groups in total. The van der Waals surface area contributed by atoms with Gasteiger partial charge in [0.25, 0.3) is 11.1 Å². The summed E-state index contributed by atoms with van der Waals surface area (Å²) in [6, 6.07) is 64.7. The molecule has 0 radical (unpaired) electrons.